The van der Waals surface area contributed by atoms with E-state index in [2.05, 4.69) is 5.32 Å². The van der Waals surface area contributed by atoms with Crippen molar-refractivity contribution in [3.05, 3.63) is 29.6 Å². The van der Waals surface area contributed by atoms with E-state index in [1.54, 1.807) is 26.8 Å². The lowest BCUT2D eigenvalue weighted by Gasteiger charge is -2.25. The maximum absolute atomic E-state index is 13.2. The molecule has 0 aromatic heterocycles. The van der Waals surface area contributed by atoms with Crippen LogP contribution in [-0.4, -0.2) is 17.0 Å². The Bertz CT molecular complexity index is 490. The minimum absolute atomic E-state index is 0.120. The molecule has 1 aromatic rings. The quantitative estimate of drug-likeness (QED) is 0.840. The van der Waals surface area contributed by atoms with Crippen molar-refractivity contribution < 1.29 is 19.1 Å². The molecule has 2 N–H and O–H groups in total. The first-order valence-corrected chi connectivity index (χ1v) is 6.63. The van der Waals surface area contributed by atoms with E-state index in [4.69, 9.17) is 0 Å². The minimum atomic E-state index is -1.06. The van der Waals surface area contributed by atoms with E-state index >= 15 is 0 Å². The fraction of sp³-hybridized carbons (Fsp3) is 0.467. The van der Waals surface area contributed by atoms with Crippen LogP contribution in [0.4, 0.5) is 10.1 Å². The zero-order valence-electron chi connectivity index (χ0n) is 12.0. The molecule has 0 atom stereocenters. The highest BCUT2D eigenvalue weighted by atomic mass is 19.1. The van der Waals surface area contributed by atoms with E-state index in [1.807, 2.05) is 0 Å². The Labute approximate surface area is 118 Å². The summed E-state index contributed by atoms with van der Waals surface area (Å²) in [7, 11) is 0. The number of halogens is 1. The van der Waals surface area contributed by atoms with Gasteiger partial charge in [-0.05, 0) is 43.5 Å². The Balaban J connectivity index is 2.83. The number of rotatable bonds is 6. The molecule has 0 aliphatic heterocycles. The summed E-state index contributed by atoms with van der Waals surface area (Å²) in [4.78, 5) is 23.3. The van der Waals surface area contributed by atoms with Gasteiger partial charge in [0.25, 0.3) is 0 Å². The number of benzene rings is 1. The number of hydrogen-bond acceptors (Lipinski definition) is 2. The van der Waals surface area contributed by atoms with Crippen molar-refractivity contribution in [2.75, 3.05) is 5.32 Å². The second kappa shape index (κ2) is 6.50. The van der Waals surface area contributed by atoms with E-state index in [0.717, 1.165) is 0 Å². The van der Waals surface area contributed by atoms with Crippen LogP contribution in [0, 0.1) is 18.2 Å². The summed E-state index contributed by atoms with van der Waals surface area (Å²) < 4.78 is 13.2. The predicted octanol–water partition coefficient (Wildman–Crippen LogP) is 3.35. The minimum Gasteiger partial charge on any atom is -0.481 e. The van der Waals surface area contributed by atoms with Crippen molar-refractivity contribution in [2.45, 2.75) is 40.0 Å². The number of nitrogens with one attached hydrogen (secondary N) is 1. The van der Waals surface area contributed by atoms with Crippen LogP contribution in [0.1, 0.15) is 38.7 Å². The SMILES string of the molecule is CCC(CC)(CC(=O)Nc1cc(C)cc(F)c1)C(=O)O. The van der Waals surface area contributed by atoms with Crippen LogP contribution < -0.4 is 5.32 Å². The molecule has 0 aliphatic rings. The summed E-state index contributed by atoms with van der Waals surface area (Å²) >= 11 is 0. The van der Waals surface area contributed by atoms with E-state index in [-0.39, 0.29) is 6.42 Å². The average molecular weight is 281 g/mol. The normalized spacial score (nSPS) is 11.2. The zero-order valence-corrected chi connectivity index (χ0v) is 12.0. The number of aryl methyl sites for hydroxylation is 1. The molecule has 0 radical (unpaired) electrons. The summed E-state index contributed by atoms with van der Waals surface area (Å²) in [6.45, 7) is 5.22. The standard InChI is InChI=1S/C15H20FNO3/c1-4-15(5-2,14(19)20)9-13(18)17-12-7-10(3)6-11(16)8-12/h6-8H,4-5,9H2,1-3H3,(H,17,18)(H,19,20). The van der Waals surface area contributed by atoms with Gasteiger partial charge in [0.05, 0.1) is 5.41 Å². The summed E-state index contributed by atoms with van der Waals surface area (Å²) in [6.07, 6.45) is 0.619. The summed E-state index contributed by atoms with van der Waals surface area (Å²) in [5, 5.41) is 11.8. The molecular weight excluding hydrogens is 261 g/mol. The van der Waals surface area contributed by atoms with E-state index in [1.165, 1.54) is 12.1 Å². The number of anilines is 1. The molecule has 110 valence electrons. The van der Waals surface area contributed by atoms with Crippen LogP contribution in [0.3, 0.4) is 0 Å². The van der Waals surface area contributed by atoms with Gasteiger partial charge >= 0.3 is 5.97 Å². The smallest absolute Gasteiger partial charge is 0.310 e. The number of carbonyl (C=O) groups is 2. The Hall–Kier alpha value is -1.91. The van der Waals surface area contributed by atoms with Gasteiger partial charge in [-0.15, -0.1) is 0 Å². The molecular formula is C15H20FNO3. The zero-order chi connectivity index (χ0) is 15.3. The molecule has 5 heteroatoms. The Morgan fingerprint density at radius 1 is 1.25 bits per heavy atom. The van der Waals surface area contributed by atoms with Gasteiger partial charge in [-0.2, -0.15) is 0 Å². The second-order valence-electron chi connectivity index (χ2n) is 5.03. The number of hydrogen-bond donors (Lipinski definition) is 2. The van der Waals surface area contributed by atoms with Gasteiger partial charge in [0.1, 0.15) is 5.82 Å². The molecule has 0 bridgehead atoms. The Morgan fingerprint density at radius 2 is 1.85 bits per heavy atom. The summed E-state index contributed by atoms with van der Waals surface area (Å²) in [6, 6.07) is 4.21. The molecule has 0 heterocycles. The van der Waals surface area contributed by atoms with Gasteiger partial charge < -0.3 is 10.4 Å². The number of aliphatic carboxylic acids is 1. The highest BCUT2D eigenvalue weighted by Crippen LogP contribution is 2.31. The fourth-order valence-electron chi connectivity index (χ4n) is 2.20. The molecule has 0 saturated heterocycles. The van der Waals surface area contributed by atoms with E-state index in [9.17, 15) is 19.1 Å². The molecule has 0 saturated carbocycles. The van der Waals surface area contributed by atoms with Crippen molar-refractivity contribution in [1.29, 1.82) is 0 Å². The van der Waals surface area contributed by atoms with Crippen LogP contribution in [0.5, 0.6) is 0 Å². The van der Waals surface area contributed by atoms with Crippen LogP contribution >= 0.6 is 0 Å². The average Bonchev–Trinajstić information content (AvgIpc) is 2.34. The third-order valence-corrected chi connectivity index (χ3v) is 3.63. The van der Waals surface area contributed by atoms with Gasteiger partial charge in [0, 0.05) is 12.1 Å². The van der Waals surface area contributed by atoms with Crippen LogP contribution in [-0.2, 0) is 9.59 Å². The maximum atomic E-state index is 13.2. The lowest BCUT2D eigenvalue weighted by atomic mass is 9.79. The lowest BCUT2D eigenvalue weighted by molar-refractivity contribution is -0.151. The van der Waals surface area contributed by atoms with Crippen LogP contribution in [0.25, 0.3) is 0 Å². The first kappa shape index (κ1) is 16.1. The van der Waals surface area contributed by atoms with Crippen LogP contribution in [0.15, 0.2) is 18.2 Å². The second-order valence-corrected chi connectivity index (χ2v) is 5.03. The van der Waals surface area contributed by atoms with Gasteiger partial charge in [0.2, 0.25) is 5.91 Å². The first-order valence-electron chi connectivity index (χ1n) is 6.63. The van der Waals surface area contributed by atoms with E-state index in [0.29, 0.717) is 24.1 Å². The predicted molar refractivity (Wildman–Crippen MR) is 75.0 cm³/mol. The third-order valence-electron chi connectivity index (χ3n) is 3.63. The topological polar surface area (TPSA) is 66.4 Å². The van der Waals surface area contributed by atoms with Gasteiger partial charge in [-0.1, -0.05) is 13.8 Å². The summed E-state index contributed by atoms with van der Waals surface area (Å²) in [5.74, 6) is -1.83. The maximum Gasteiger partial charge on any atom is 0.310 e. The van der Waals surface area contributed by atoms with Gasteiger partial charge in [-0.3, -0.25) is 9.59 Å². The molecule has 0 aliphatic carbocycles. The molecule has 20 heavy (non-hydrogen) atoms. The molecule has 4 nitrogen and oxygen atoms in total. The monoisotopic (exact) mass is 281 g/mol. The number of carbonyl (C=O) groups excluding carboxylic acids is 1. The Kier molecular flexibility index (Phi) is 5.25. The lowest BCUT2D eigenvalue weighted by Crippen LogP contribution is -2.34. The molecule has 0 fully saturated rings. The summed E-state index contributed by atoms with van der Waals surface area (Å²) in [5.41, 5.74) is -0.0262. The molecule has 1 amide bonds. The van der Waals surface area contributed by atoms with E-state index < -0.39 is 23.1 Å². The molecule has 1 rings (SSSR count). The van der Waals surface area contributed by atoms with Gasteiger partial charge in [0.15, 0.2) is 0 Å². The number of amides is 1. The van der Waals surface area contributed by atoms with Crippen molar-refractivity contribution in [3.63, 3.8) is 0 Å². The number of carboxylic acid groups (broad SMARTS) is 1. The van der Waals surface area contributed by atoms with Crippen LogP contribution in [0.2, 0.25) is 0 Å². The first-order chi connectivity index (χ1) is 9.32. The third kappa shape index (κ3) is 3.79. The largest absolute Gasteiger partial charge is 0.481 e. The number of carboxylic acids is 1. The Morgan fingerprint density at radius 3 is 2.30 bits per heavy atom. The fourth-order valence-corrected chi connectivity index (χ4v) is 2.20. The van der Waals surface area contributed by atoms with Gasteiger partial charge in [-0.25, -0.2) is 4.39 Å². The highest BCUT2D eigenvalue weighted by molar-refractivity contribution is 5.94. The molecule has 0 spiro atoms. The van der Waals surface area contributed by atoms with Crippen molar-refractivity contribution in [1.82, 2.24) is 0 Å². The molecule has 1 aromatic carbocycles. The van der Waals surface area contributed by atoms with Crippen molar-refractivity contribution in [3.8, 4) is 0 Å². The van der Waals surface area contributed by atoms with Crippen molar-refractivity contribution >= 4 is 17.6 Å². The van der Waals surface area contributed by atoms with Crippen molar-refractivity contribution in [2.24, 2.45) is 5.41 Å². The molecule has 0 unspecified atom stereocenters. The highest BCUT2D eigenvalue weighted by Gasteiger charge is 2.37.